The van der Waals surface area contributed by atoms with Gasteiger partial charge in [0.05, 0.1) is 38.5 Å². The standard InChI is InChI=1S/C20H27N3O4/c1-23(13-7-5-4-6-8-13)12-17(24)22-18-15-10-9-14(26-2)11-16(15)21-19(18)20(25)27-3/h9-11,13,21H,4-8,12H2,1-3H3,(H,22,24)/p+1. The highest BCUT2D eigenvalue weighted by Gasteiger charge is 2.25. The van der Waals surface area contributed by atoms with Gasteiger partial charge < -0.3 is 24.7 Å². The Bertz CT molecular complexity index is 824. The van der Waals surface area contributed by atoms with E-state index in [1.54, 1.807) is 19.2 Å². The molecule has 1 unspecified atom stereocenters. The van der Waals surface area contributed by atoms with Crippen LogP contribution in [0.3, 0.4) is 0 Å². The molecule has 3 rings (SSSR count). The van der Waals surface area contributed by atoms with Crippen LogP contribution in [0.4, 0.5) is 5.69 Å². The van der Waals surface area contributed by atoms with Crippen LogP contribution < -0.4 is 15.0 Å². The summed E-state index contributed by atoms with van der Waals surface area (Å²) in [6.07, 6.45) is 6.09. The van der Waals surface area contributed by atoms with Crippen LogP contribution in [0.1, 0.15) is 42.6 Å². The van der Waals surface area contributed by atoms with Crippen LogP contribution in [-0.2, 0) is 9.53 Å². The van der Waals surface area contributed by atoms with Crippen LogP contribution in [-0.4, -0.2) is 50.7 Å². The molecule has 2 aromatic rings. The highest BCUT2D eigenvalue weighted by molar-refractivity contribution is 6.11. The molecule has 1 aliphatic carbocycles. The number of carbonyl (C=O) groups is 2. The van der Waals surface area contributed by atoms with Gasteiger partial charge in [0, 0.05) is 11.5 Å². The molecule has 0 spiro atoms. The average Bonchev–Trinajstić information content (AvgIpc) is 3.05. The first-order valence-corrected chi connectivity index (χ1v) is 9.43. The van der Waals surface area contributed by atoms with Crippen molar-refractivity contribution in [3.05, 3.63) is 23.9 Å². The third-order valence-electron chi connectivity index (χ3n) is 5.40. The Morgan fingerprint density at radius 2 is 1.96 bits per heavy atom. The lowest BCUT2D eigenvalue weighted by Gasteiger charge is -2.27. The van der Waals surface area contributed by atoms with Crippen LogP contribution in [0.25, 0.3) is 10.9 Å². The molecular formula is C20H28N3O4+. The van der Waals surface area contributed by atoms with Gasteiger partial charge >= 0.3 is 5.97 Å². The monoisotopic (exact) mass is 374 g/mol. The van der Waals surface area contributed by atoms with Gasteiger partial charge in [0.15, 0.2) is 6.54 Å². The molecule has 1 fully saturated rings. The van der Waals surface area contributed by atoms with E-state index in [0.717, 1.165) is 5.39 Å². The summed E-state index contributed by atoms with van der Waals surface area (Å²) in [5, 5.41) is 3.67. The lowest BCUT2D eigenvalue weighted by atomic mass is 9.94. The maximum absolute atomic E-state index is 12.7. The molecule has 0 aliphatic heterocycles. The Morgan fingerprint density at radius 1 is 1.22 bits per heavy atom. The maximum atomic E-state index is 12.7. The molecule has 1 aliphatic rings. The smallest absolute Gasteiger partial charge is 0.356 e. The average molecular weight is 374 g/mol. The molecule has 146 valence electrons. The molecule has 3 N–H and O–H groups in total. The largest absolute Gasteiger partial charge is 0.497 e. The molecule has 1 aromatic carbocycles. The third kappa shape index (κ3) is 4.24. The summed E-state index contributed by atoms with van der Waals surface area (Å²) >= 11 is 0. The summed E-state index contributed by atoms with van der Waals surface area (Å²) in [6, 6.07) is 5.94. The van der Waals surface area contributed by atoms with Crippen LogP contribution in [0, 0.1) is 0 Å². The molecule has 0 saturated heterocycles. The number of ether oxygens (including phenoxy) is 2. The number of aromatic nitrogens is 1. The van der Waals surface area contributed by atoms with Gasteiger partial charge in [-0.25, -0.2) is 4.79 Å². The van der Waals surface area contributed by atoms with Crippen LogP contribution >= 0.6 is 0 Å². The van der Waals surface area contributed by atoms with Gasteiger partial charge in [0.1, 0.15) is 11.4 Å². The fourth-order valence-corrected chi connectivity index (χ4v) is 3.87. The number of aromatic amines is 1. The lowest BCUT2D eigenvalue weighted by molar-refractivity contribution is -0.899. The van der Waals surface area contributed by atoms with Crippen molar-refractivity contribution < 1.29 is 24.0 Å². The van der Waals surface area contributed by atoms with E-state index in [4.69, 9.17) is 9.47 Å². The van der Waals surface area contributed by atoms with E-state index in [9.17, 15) is 9.59 Å². The van der Waals surface area contributed by atoms with Gasteiger partial charge in [0.25, 0.3) is 5.91 Å². The molecule has 7 heteroatoms. The van der Waals surface area contributed by atoms with Gasteiger partial charge in [0.2, 0.25) is 0 Å². The summed E-state index contributed by atoms with van der Waals surface area (Å²) in [6.45, 7) is 0.369. The van der Waals surface area contributed by atoms with Crippen LogP contribution in [0.2, 0.25) is 0 Å². The number of methoxy groups -OCH3 is 2. The fourth-order valence-electron chi connectivity index (χ4n) is 3.87. The predicted octanol–water partition coefficient (Wildman–Crippen LogP) is 1.75. The molecule has 1 aromatic heterocycles. The first-order valence-electron chi connectivity index (χ1n) is 9.43. The number of H-pyrrole nitrogens is 1. The number of benzene rings is 1. The van der Waals surface area contributed by atoms with Gasteiger partial charge in [-0.3, -0.25) is 4.79 Å². The number of rotatable bonds is 6. The minimum absolute atomic E-state index is 0.111. The third-order valence-corrected chi connectivity index (χ3v) is 5.40. The van der Waals surface area contributed by atoms with Crippen molar-refractivity contribution in [2.75, 3.05) is 33.1 Å². The minimum Gasteiger partial charge on any atom is -0.497 e. The van der Waals surface area contributed by atoms with Crippen molar-refractivity contribution in [2.24, 2.45) is 0 Å². The number of amides is 1. The van der Waals surface area contributed by atoms with E-state index in [0.29, 0.717) is 29.5 Å². The SMILES string of the molecule is COC(=O)c1[nH]c2cc(OC)ccc2c1NC(=O)C[NH+](C)C1CCCCC1. The van der Waals surface area contributed by atoms with Crippen molar-refractivity contribution in [1.82, 2.24) is 4.98 Å². The van der Waals surface area contributed by atoms with E-state index in [2.05, 4.69) is 17.3 Å². The molecule has 0 radical (unpaired) electrons. The number of carbonyl (C=O) groups excluding carboxylic acids is 2. The second-order valence-electron chi connectivity index (χ2n) is 7.18. The Labute approximate surface area is 159 Å². The van der Waals surface area contributed by atoms with E-state index in [-0.39, 0.29) is 11.6 Å². The number of anilines is 1. The van der Waals surface area contributed by atoms with Crippen molar-refractivity contribution in [3.63, 3.8) is 0 Å². The number of hydrogen-bond donors (Lipinski definition) is 3. The Morgan fingerprint density at radius 3 is 2.63 bits per heavy atom. The molecule has 1 saturated carbocycles. The van der Waals surface area contributed by atoms with Gasteiger partial charge in [-0.05, 0) is 37.8 Å². The van der Waals surface area contributed by atoms with Crippen LogP contribution in [0.15, 0.2) is 18.2 Å². The van der Waals surface area contributed by atoms with E-state index in [1.165, 1.54) is 44.1 Å². The highest BCUT2D eigenvalue weighted by Crippen LogP contribution is 2.31. The van der Waals surface area contributed by atoms with Crippen molar-refractivity contribution in [1.29, 1.82) is 0 Å². The fraction of sp³-hybridized carbons (Fsp3) is 0.500. The van der Waals surface area contributed by atoms with Crippen molar-refractivity contribution in [2.45, 2.75) is 38.1 Å². The number of hydrogen-bond acceptors (Lipinski definition) is 4. The number of esters is 1. The molecule has 1 amide bonds. The zero-order valence-electron chi connectivity index (χ0n) is 16.2. The molecule has 1 atom stereocenters. The van der Waals surface area contributed by atoms with Crippen LogP contribution in [0.5, 0.6) is 5.75 Å². The zero-order valence-corrected chi connectivity index (χ0v) is 16.2. The Kier molecular flexibility index (Phi) is 6.01. The molecular weight excluding hydrogens is 346 g/mol. The highest BCUT2D eigenvalue weighted by atomic mass is 16.5. The molecule has 27 heavy (non-hydrogen) atoms. The first-order chi connectivity index (χ1) is 13.0. The first kappa shape index (κ1) is 19.2. The number of quaternary nitrogens is 1. The van der Waals surface area contributed by atoms with Gasteiger partial charge in [-0.1, -0.05) is 6.42 Å². The maximum Gasteiger partial charge on any atom is 0.356 e. The normalized spacial score (nSPS) is 16.1. The van der Waals surface area contributed by atoms with Gasteiger partial charge in [-0.2, -0.15) is 0 Å². The Balaban J connectivity index is 1.81. The summed E-state index contributed by atoms with van der Waals surface area (Å²) in [4.78, 5) is 29.1. The number of fused-ring (bicyclic) bond motifs is 1. The van der Waals surface area contributed by atoms with E-state index < -0.39 is 5.97 Å². The number of nitrogens with one attached hydrogen (secondary N) is 3. The molecule has 7 nitrogen and oxygen atoms in total. The van der Waals surface area contributed by atoms with Gasteiger partial charge in [-0.15, -0.1) is 0 Å². The van der Waals surface area contributed by atoms with Crippen molar-refractivity contribution >= 4 is 28.5 Å². The predicted molar refractivity (Wildman–Crippen MR) is 103 cm³/mol. The van der Waals surface area contributed by atoms with E-state index in [1.807, 2.05) is 6.07 Å². The second kappa shape index (κ2) is 8.43. The summed E-state index contributed by atoms with van der Waals surface area (Å²) in [7, 11) is 4.97. The quantitative estimate of drug-likeness (QED) is 0.673. The second-order valence-corrected chi connectivity index (χ2v) is 7.18. The molecule has 0 bridgehead atoms. The topological polar surface area (TPSA) is 84.9 Å². The minimum atomic E-state index is -0.520. The van der Waals surface area contributed by atoms with E-state index >= 15 is 0 Å². The summed E-state index contributed by atoms with van der Waals surface area (Å²) < 4.78 is 10.1. The molecule has 1 heterocycles. The number of likely N-dealkylation sites (N-methyl/N-ethyl adjacent to an activating group) is 1. The lowest BCUT2D eigenvalue weighted by Crippen LogP contribution is -3.14. The van der Waals surface area contributed by atoms with Crippen molar-refractivity contribution in [3.8, 4) is 5.75 Å². The Hall–Kier alpha value is -2.54. The summed E-state index contributed by atoms with van der Waals surface area (Å²) in [5.41, 5.74) is 1.41. The summed E-state index contributed by atoms with van der Waals surface area (Å²) in [5.74, 6) is 0.0351. The zero-order chi connectivity index (χ0) is 19.4.